The molecule has 0 amide bonds. The molecule has 1 aliphatic heterocycles. The van der Waals surface area contributed by atoms with Crippen molar-refractivity contribution in [3.05, 3.63) is 12.2 Å². The Balaban J connectivity index is 1.74. The van der Waals surface area contributed by atoms with E-state index in [-0.39, 0.29) is 0 Å². The third-order valence-electron chi connectivity index (χ3n) is 3.85. The van der Waals surface area contributed by atoms with E-state index >= 15 is 0 Å². The van der Waals surface area contributed by atoms with Gasteiger partial charge in [0.15, 0.2) is 0 Å². The topological polar surface area (TPSA) is 21.6 Å². The normalized spacial score (nSPS) is 42.5. The van der Waals surface area contributed by atoms with E-state index < -0.39 is 0 Å². The van der Waals surface area contributed by atoms with E-state index in [9.17, 15) is 0 Å². The zero-order chi connectivity index (χ0) is 9.54. The van der Waals surface area contributed by atoms with Gasteiger partial charge < -0.3 is 4.84 Å². The van der Waals surface area contributed by atoms with Crippen LogP contribution in [0.25, 0.3) is 0 Å². The van der Waals surface area contributed by atoms with Crippen LogP contribution in [0, 0.1) is 17.8 Å². The lowest BCUT2D eigenvalue weighted by atomic mass is 9.85. The summed E-state index contributed by atoms with van der Waals surface area (Å²) in [6.45, 7) is 2.23. The third kappa shape index (κ3) is 1.06. The molecule has 2 heteroatoms. The standard InChI is InChI=1S/C12H17NO/c1-2-3-4-10-11-8-5-6-9(7-8)12(11)14-13-10/h5-6,8-9,11-12H,2-4,7H2,1H3. The van der Waals surface area contributed by atoms with E-state index in [2.05, 4.69) is 24.2 Å². The molecule has 3 aliphatic rings. The minimum atomic E-state index is 0.400. The zero-order valence-electron chi connectivity index (χ0n) is 8.65. The van der Waals surface area contributed by atoms with Crippen LogP contribution in [0.4, 0.5) is 0 Å². The molecule has 0 radical (unpaired) electrons. The Kier molecular flexibility index (Phi) is 1.89. The van der Waals surface area contributed by atoms with Gasteiger partial charge in [0.25, 0.3) is 0 Å². The summed E-state index contributed by atoms with van der Waals surface area (Å²) >= 11 is 0. The predicted molar refractivity (Wildman–Crippen MR) is 56.1 cm³/mol. The van der Waals surface area contributed by atoms with Crippen molar-refractivity contribution in [3.8, 4) is 0 Å². The van der Waals surface area contributed by atoms with Gasteiger partial charge in [-0.05, 0) is 25.2 Å². The molecule has 2 nitrogen and oxygen atoms in total. The molecule has 0 aromatic carbocycles. The first kappa shape index (κ1) is 8.51. The lowest BCUT2D eigenvalue weighted by molar-refractivity contribution is 0.0504. The second-order valence-corrected chi connectivity index (χ2v) is 4.73. The quantitative estimate of drug-likeness (QED) is 0.628. The van der Waals surface area contributed by atoms with Crippen LogP contribution in [-0.4, -0.2) is 11.8 Å². The first-order valence-electron chi connectivity index (χ1n) is 5.81. The molecule has 4 unspecified atom stereocenters. The monoisotopic (exact) mass is 191 g/mol. The van der Waals surface area contributed by atoms with Crippen molar-refractivity contribution < 1.29 is 4.84 Å². The number of allylic oxidation sites excluding steroid dienone is 1. The van der Waals surface area contributed by atoms with Crippen LogP contribution in [-0.2, 0) is 4.84 Å². The van der Waals surface area contributed by atoms with Crippen LogP contribution in [0.1, 0.15) is 32.6 Å². The Morgan fingerprint density at radius 1 is 1.43 bits per heavy atom. The summed E-state index contributed by atoms with van der Waals surface area (Å²) in [7, 11) is 0. The van der Waals surface area contributed by atoms with Crippen molar-refractivity contribution in [2.75, 3.05) is 0 Å². The summed E-state index contributed by atoms with van der Waals surface area (Å²) in [4.78, 5) is 5.56. The maximum absolute atomic E-state index is 5.56. The Morgan fingerprint density at radius 3 is 3.14 bits per heavy atom. The van der Waals surface area contributed by atoms with Crippen LogP contribution in [0.5, 0.6) is 0 Å². The number of hydrogen-bond donors (Lipinski definition) is 0. The largest absolute Gasteiger partial charge is 0.391 e. The number of nitrogens with zero attached hydrogens (tertiary/aromatic N) is 1. The molecular weight excluding hydrogens is 174 g/mol. The molecule has 4 atom stereocenters. The van der Waals surface area contributed by atoms with E-state index in [1.54, 1.807) is 0 Å². The third-order valence-corrected chi connectivity index (χ3v) is 3.85. The van der Waals surface area contributed by atoms with Crippen molar-refractivity contribution in [1.82, 2.24) is 0 Å². The van der Waals surface area contributed by atoms with Crippen LogP contribution >= 0.6 is 0 Å². The van der Waals surface area contributed by atoms with Gasteiger partial charge in [-0.1, -0.05) is 30.7 Å². The van der Waals surface area contributed by atoms with Gasteiger partial charge in [-0.25, -0.2) is 0 Å². The van der Waals surface area contributed by atoms with Gasteiger partial charge >= 0.3 is 0 Å². The maximum Gasteiger partial charge on any atom is 0.142 e. The maximum atomic E-state index is 5.56. The van der Waals surface area contributed by atoms with E-state index in [1.807, 2.05) is 0 Å². The van der Waals surface area contributed by atoms with Crippen molar-refractivity contribution >= 4 is 5.71 Å². The summed E-state index contributed by atoms with van der Waals surface area (Å²) in [6, 6.07) is 0. The fourth-order valence-corrected chi connectivity index (χ4v) is 3.12. The van der Waals surface area contributed by atoms with Crippen LogP contribution in [0.2, 0.25) is 0 Å². The fraction of sp³-hybridized carbons (Fsp3) is 0.750. The summed E-state index contributed by atoms with van der Waals surface area (Å²) in [6.07, 6.45) is 10.1. The number of hydrogen-bond acceptors (Lipinski definition) is 2. The zero-order valence-corrected chi connectivity index (χ0v) is 8.65. The highest BCUT2D eigenvalue weighted by molar-refractivity contribution is 5.89. The van der Waals surface area contributed by atoms with E-state index in [4.69, 9.17) is 4.84 Å². The van der Waals surface area contributed by atoms with Crippen LogP contribution in [0.3, 0.4) is 0 Å². The molecular formula is C12H17NO. The minimum Gasteiger partial charge on any atom is -0.391 e. The molecule has 1 heterocycles. The number of rotatable bonds is 3. The van der Waals surface area contributed by atoms with Gasteiger partial charge in [0.2, 0.25) is 0 Å². The molecule has 0 saturated heterocycles. The second kappa shape index (κ2) is 3.11. The van der Waals surface area contributed by atoms with Crippen LogP contribution in [0.15, 0.2) is 17.3 Å². The predicted octanol–water partition coefficient (Wildman–Crippen LogP) is 2.75. The Bertz CT molecular complexity index is 295. The lowest BCUT2D eigenvalue weighted by Gasteiger charge is -2.18. The summed E-state index contributed by atoms with van der Waals surface area (Å²) in [5, 5.41) is 4.28. The molecule has 2 bridgehead atoms. The highest BCUT2D eigenvalue weighted by Crippen LogP contribution is 2.49. The van der Waals surface area contributed by atoms with Gasteiger partial charge in [-0.2, -0.15) is 0 Å². The molecule has 0 spiro atoms. The van der Waals surface area contributed by atoms with Crippen molar-refractivity contribution in [2.24, 2.45) is 22.9 Å². The van der Waals surface area contributed by atoms with E-state index in [1.165, 1.54) is 25.0 Å². The highest BCUT2D eigenvalue weighted by atomic mass is 16.6. The van der Waals surface area contributed by atoms with Crippen molar-refractivity contribution in [1.29, 1.82) is 0 Å². The average Bonchev–Trinajstić information content (AvgIpc) is 2.87. The molecule has 0 aromatic rings. The van der Waals surface area contributed by atoms with Gasteiger partial charge in [-0.3, -0.25) is 0 Å². The first-order valence-corrected chi connectivity index (χ1v) is 5.81. The molecule has 1 saturated carbocycles. The number of oxime groups is 1. The molecule has 0 N–H and O–H groups in total. The van der Waals surface area contributed by atoms with Crippen molar-refractivity contribution in [3.63, 3.8) is 0 Å². The minimum absolute atomic E-state index is 0.400. The van der Waals surface area contributed by atoms with Crippen LogP contribution < -0.4 is 0 Å². The summed E-state index contributed by atoms with van der Waals surface area (Å²) in [5.41, 5.74) is 1.34. The summed E-state index contributed by atoms with van der Waals surface area (Å²) in [5.74, 6) is 2.03. The van der Waals surface area contributed by atoms with Gasteiger partial charge in [-0.15, -0.1) is 0 Å². The van der Waals surface area contributed by atoms with Gasteiger partial charge in [0.1, 0.15) is 6.10 Å². The molecule has 3 rings (SSSR count). The highest BCUT2D eigenvalue weighted by Gasteiger charge is 2.51. The molecule has 0 aromatic heterocycles. The molecule has 14 heavy (non-hydrogen) atoms. The smallest absolute Gasteiger partial charge is 0.142 e. The average molecular weight is 191 g/mol. The molecule has 2 aliphatic carbocycles. The second-order valence-electron chi connectivity index (χ2n) is 4.73. The van der Waals surface area contributed by atoms with Crippen molar-refractivity contribution in [2.45, 2.75) is 38.7 Å². The SMILES string of the molecule is CCCCC1=NOC2C3C=CC(C3)C12. The Morgan fingerprint density at radius 2 is 2.29 bits per heavy atom. The Hall–Kier alpha value is -0.790. The molecule has 1 fully saturated rings. The van der Waals surface area contributed by atoms with E-state index in [0.717, 1.165) is 12.3 Å². The molecule has 76 valence electrons. The van der Waals surface area contributed by atoms with Gasteiger partial charge in [0, 0.05) is 11.8 Å². The fourth-order valence-electron chi connectivity index (χ4n) is 3.12. The van der Waals surface area contributed by atoms with E-state index in [0.29, 0.717) is 17.9 Å². The Labute approximate surface area is 85.0 Å². The lowest BCUT2D eigenvalue weighted by Crippen LogP contribution is -2.27. The number of unbranched alkanes of at least 4 members (excludes halogenated alkanes) is 1. The first-order chi connectivity index (χ1) is 6.90. The number of fused-ring (bicyclic) bond motifs is 5. The summed E-state index contributed by atoms with van der Waals surface area (Å²) < 4.78 is 0. The van der Waals surface area contributed by atoms with Gasteiger partial charge in [0.05, 0.1) is 5.71 Å².